The SMILES string of the molecule is Cc1cc(CN)ccc1Oc1c(Br)cc([N+](=O)[O-])cc1Br. The Morgan fingerprint density at radius 2 is 1.86 bits per heavy atom. The summed E-state index contributed by atoms with van der Waals surface area (Å²) < 4.78 is 6.86. The maximum absolute atomic E-state index is 10.8. The fraction of sp³-hybridized carbons (Fsp3) is 0.143. The zero-order valence-electron chi connectivity index (χ0n) is 11.1. The second-order valence-corrected chi connectivity index (χ2v) is 6.11. The van der Waals surface area contributed by atoms with Gasteiger partial charge in [-0.15, -0.1) is 0 Å². The van der Waals surface area contributed by atoms with Crippen molar-refractivity contribution < 1.29 is 9.66 Å². The van der Waals surface area contributed by atoms with Gasteiger partial charge in [0.1, 0.15) is 5.75 Å². The van der Waals surface area contributed by atoms with E-state index in [0.29, 0.717) is 27.0 Å². The first-order chi connectivity index (χ1) is 9.92. The first-order valence-corrected chi connectivity index (χ1v) is 7.62. The average molecular weight is 416 g/mol. The van der Waals surface area contributed by atoms with Crippen molar-refractivity contribution in [3.8, 4) is 11.5 Å². The number of non-ortho nitro benzene ring substituents is 1. The maximum Gasteiger partial charge on any atom is 0.271 e. The summed E-state index contributed by atoms with van der Waals surface area (Å²) in [4.78, 5) is 10.4. The van der Waals surface area contributed by atoms with E-state index in [1.807, 2.05) is 25.1 Å². The Balaban J connectivity index is 2.38. The summed E-state index contributed by atoms with van der Waals surface area (Å²) in [6.07, 6.45) is 0. The Bertz CT molecular complexity index is 682. The van der Waals surface area contributed by atoms with Crippen LogP contribution in [0.1, 0.15) is 11.1 Å². The highest BCUT2D eigenvalue weighted by Gasteiger charge is 2.16. The summed E-state index contributed by atoms with van der Waals surface area (Å²) in [5.41, 5.74) is 7.53. The molecule has 0 bridgehead atoms. The van der Waals surface area contributed by atoms with Gasteiger partial charge >= 0.3 is 0 Å². The smallest absolute Gasteiger partial charge is 0.271 e. The highest BCUT2D eigenvalue weighted by Crippen LogP contribution is 2.40. The van der Waals surface area contributed by atoms with Gasteiger partial charge in [-0.3, -0.25) is 10.1 Å². The van der Waals surface area contributed by atoms with Gasteiger partial charge in [-0.25, -0.2) is 0 Å². The molecule has 7 heteroatoms. The third-order valence-electron chi connectivity index (χ3n) is 2.88. The molecule has 0 aromatic heterocycles. The van der Waals surface area contributed by atoms with Crippen LogP contribution < -0.4 is 10.5 Å². The van der Waals surface area contributed by atoms with E-state index in [2.05, 4.69) is 31.9 Å². The molecule has 0 atom stereocenters. The second kappa shape index (κ2) is 6.55. The summed E-state index contributed by atoms with van der Waals surface area (Å²) >= 11 is 6.59. The molecule has 2 N–H and O–H groups in total. The minimum absolute atomic E-state index is 0.0173. The van der Waals surface area contributed by atoms with Crippen LogP contribution >= 0.6 is 31.9 Å². The summed E-state index contributed by atoms with van der Waals surface area (Å²) in [6, 6.07) is 8.48. The molecule has 0 aliphatic carbocycles. The number of benzene rings is 2. The number of halogens is 2. The van der Waals surface area contributed by atoms with E-state index >= 15 is 0 Å². The van der Waals surface area contributed by atoms with Crippen molar-refractivity contribution in [1.82, 2.24) is 0 Å². The van der Waals surface area contributed by atoms with Crippen molar-refractivity contribution in [2.75, 3.05) is 0 Å². The first-order valence-electron chi connectivity index (χ1n) is 6.03. The molecule has 0 radical (unpaired) electrons. The molecule has 2 aromatic rings. The number of aryl methyl sites for hydroxylation is 1. The summed E-state index contributed by atoms with van der Waals surface area (Å²) in [7, 11) is 0. The van der Waals surface area contributed by atoms with Crippen LogP contribution in [-0.4, -0.2) is 4.92 Å². The van der Waals surface area contributed by atoms with Crippen molar-refractivity contribution >= 4 is 37.5 Å². The van der Waals surface area contributed by atoms with E-state index in [9.17, 15) is 10.1 Å². The monoisotopic (exact) mass is 414 g/mol. The van der Waals surface area contributed by atoms with Gasteiger partial charge in [0.2, 0.25) is 0 Å². The van der Waals surface area contributed by atoms with Gasteiger partial charge in [0.15, 0.2) is 5.75 Å². The number of ether oxygens (including phenoxy) is 1. The van der Waals surface area contributed by atoms with Gasteiger partial charge in [-0.2, -0.15) is 0 Å². The Hall–Kier alpha value is -1.44. The fourth-order valence-corrected chi connectivity index (χ4v) is 3.14. The standard InChI is InChI=1S/C14H12Br2N2O3/c1-8-4-9(7-17)2-3-13(8)21-14-11(15)5-10(18(19)20)6-12(14)16/h2-6H,7,17H2,1H3. The lowest BCUT2D eigenvalue weighted by Gasteiger charge is -2.12. The molecule has 0 aliphatic rings. The van der Waals surface area contributed by atoms with E-state index in [1.54, 1.807) is 0 Å². The molecular formula is C14H12Br2N2O3. The number of nitrogens with zero attached hydrogens (tertiary/aromatic N) is 1. The van der Waals surface area contributed by atoms with Crippen LogP contribution in [0.5, 0.6) is 11.5 Å². The second-order valence-electron chi connectivity index (χ2n) is 4.40. The van der Waals surface area contributed by atoms with Gasteiger partial charge in [-0.1, -0.05) is 12.1 Å². The average Bonchev–Trinajstić information content (AvgIpc) is 2.43. The van der Waals surface area contributed by atoms with Gasteiger partial charge in [0, 0.05) is 18.7 Å². The predicted octanol–water partition coefficient (Wildman–Crippen LogP) is 4.68. The molecule has 2 rings (SSSR count). The lowest BCUT2D eigenvalue weighted by Crippen LogP contribution is -1.98. The van der Waals surface area contributed by atoms with Crippen LogP contribution in [0.25, 0.3) is 0 Å². The van der Waals surface area contributed by atoms with E-state index in [-0.39, 0.29) is 5.69 Å². The predicted molar refractivity (Wildman–Crippen MR) is 87.6 cm³/mol. The molecule has 5 nitrogen and oxygen atoms in total. The van der Waals surface area contributed by atoms with Crippen LogP contribution in [0.15, 0.2) is 39.3 Å². The zero-order chi connectivity index (χ0) is 15.6. The normalized spacial score (nSPS) is 10.5. The molecular weight excluding hydrogens is 404 g/mol. The molecule has 0 saturated carbocycles. The topological polar surface area (TPSA) is 78.4 Å². The van der Waals surface area contributed by atoms with Gasteiger partial charge < -0.3 is 10.5 Å². The van der Waals surface area contributed by atoms with Crippen molar-refractivity contribution in [2.24, 2.45) is 5.73 Å². The number of rotatable bonds is 4. The first kappa shape index (κ1) is 15.9. The molecule has 2 aromatic carbocycles. The summed E-state index contributed by atoms with van der Waals surface area (Å²) in [5, 5.41) is 10.8. The van der Waals surface area contributed by atoms with Crippen LogP contribution in [-0.2, 0) is 6.54 Å². The number of nitrogens with two attached hydrogens (primary N) is 1. The molecule has 110 valence electrons. The van der Waals surface area contributed by atoms with E-state index in [1.165, 1.54) is 12.1 Å². The van der Waals surface area contributed by atoms with Crippen LogP contribution in [0.4, 0.5) is 5.69 Å². The quantitative estimate of drug-likeness (QED) is 0.580. The van der Waals surface area contributed by atoms with Crippen molar-refractivity contribution in [1.29, 1.82) is 0 Å². The Labute approximate surface area is 138 Å². The van der Waals surface area contributed by atoms with E-state index < -0.39 is 4.92 Å². The molecule has 0 saturated heterocycles. The molecule has 0 aliphatic heterocycles. The third-order valence-corrected chi connectivity index (χ3v) is 4.06. The molecule has 0 amide bonds. The van der Waals surface area contributed by atoms with Gasteiger partial charge in [0.05, 0.1) is 13.9 Å². The van der Waals surface area contributed by atoms with E-state index in [4.69, 9.17) is 10.5 Å². The van der Waals surface area contributed by atoms with Crippen molar-refractivity contribution in [3.05, 3.63) is 60.5 Å². The Morgan fingerprint density at radius 3 is 2.33 bits per heavy atom. The highest BCUT2D eigenvalue weighted by molar-refractivity contribution is 9.11. The fourth-order valence-electron chi connectivity index (χ4n) is 1.81. The summed E-state index contributed by atoms with van der Waals surface area (Å²) in [6.45, 7) is 2.38. The largest absolute Gasteiger partial charge is 0.455 e. The van der Waals surface area contributed by atoms with Crippen LogP contribution in [0.2, 0.25) is 0 Å². The minimum atomic E-state index is -0.458. The Kier molecular flexibility index (Phi) is 4.97. The molecule has 0 fully saturated rings. The number of nitro benzene ring substituents is 1. The summed E-state index contributed by atoms with van der Waals surface area (Å²) in [5.74, 6) is 1.16. The highest BCUT2D eigenvalue weighted by atomic mass is 79.9. The minimum Gasteiger partial charge on any atom is -0.455 e. The van der Waals surface area contributed by atoms with Crippen LogP contribution in [0.3, 0.4) is 0 Å². The van der Waals surface area contributed by atoms with Crippen molar-refractivity contribution in [3.63, 3.8) is 0 Å². The van der Waals surface area contributed by atoms with Crippen molar-refractivity contribution in [2.45, 2.75) is 13.5 Å². The number of nitro groups is 1. The molecule has 0 spiro atoms. The third kappa shape index (κ3) is 3.61. The lowest BCUT2D eigenvalue weighted by molar-refractivity contribution is -0.385. The van der Waals surface area contributed by atoms with E-state index in [0.717, 1.165) is 11.1 Å². The zero-order valence-corrected chi connectivity index (χ0v) is 14.3. The Morgan fingerprint density at radius 1 is 1.24 bits per heavy atom. The molecule has 0 heterocycles. The lowest BCUT2D eigenvalue weighted by atomic mass is 10.1. The number of hydrogen-bond donors (Lipinski definition) is 1. The molecule has 0 unspecified atom stereocenters. The number of hydrogen-bond acceptors (Lipinski definition) is 4. The van der Waals surface area contributed by atoms with Gasteiger partial charge in [-0.05, 0) is 56.0 Å². The molecule has 21 heavy (non-hydrogen) atoms. The maximum atomic E-state index is 10.8. The van der Waals surface area contributed by atoms with Crippen LogP contribution in [0, 0.1) is 17.0 Å². The van der Waals surface area contributed by atoms with Gasteiger partial charge in [0.25, 0.3) is 5.69 Å².